The summed E-state index contributed by atoms with van der Waals surface area (Å²) in [5.74, 6) is 0.863. The third kappa shape index (κ3) is 2.67. The number of hydrogen-bond donors (Lipinski definition) is 0. The number of halogens is 1. The SMILES string of the molecule is C[C@H]1CCN(CCN2CC[C@@H](F)C2)C1. The first kappa shape index (κ1) is 10.4. The van der Waals surface area contributed by atoms with E-state index in [1.807, 2.05) is 0 Å². The highest BCUT2D eigenvalue weighted by atomic mass is 19.1. The average molecular weight is 200 g/mol. The van der Waals surface area contributed by atoms with Gasteiger partial charge in [0.2, 0.25) is 0 Å². The molecular formula is C11H21FN2. The number of likely N-dealkylation sites (tertiary alicyclic amines) is 2. The Bertz CT molecular complexity index is 166. The van der Waals surface area contributed by atoms with Crippen molar-refractivity contribution in [2.24, 2.45) is 5.92 Å². The van der Waals surface area contributed by atoms with Gasteiger partial charge >= 0.3 is 0 Å². The summed E-state index contributed by atoms with van der Waals surface area (Å²) in [7, 11) is 0. The van der Waals surface area contributed by atoms with E-state index in [1.165, 1.54) is 19.5 Å². The molecule has 82 valence electrons. The monoisotopic (exact) mass is 200 g/mol. The van der Waals surface area contributed by atoms with Crippen molar-refractivity contribution in [2.75, 3.05) is 39.3 Å². The van der Waals surface area contributed by atoms with E-state index in [1.54, 1.807) is 0 Å². The van der Waals surface area contributed by atoms with E-state index in [9.17, 15) is 4.39 Å². The van der Waals surface area contributed by atoms with Gasteiger partial charge in [-0.3, -0.25) is 4.90 Å². The lowest BCUT2D eigenvalue weighted by Gasteiger charge is -2.20. The molecule has 2 aliphatic heterocycles. The first-order valence-corrected chi connectivity index (χ1v) is 5.83. The number of alkyl halides is 1. The Morgan fingerprint density at radius 1 is 1.07 bits per heavy atom. The summed E-state index contributed by atoms with van der Waals surface area (Å²) in [6, 6.07) is 0. The Kier molecular flexibility index (Phi) is 3.39. The van der Waals surface area contributed by atoms with Gasteiger partial charge in [0, 0.05) is 32.7 Å². The lowest BCUT2D eigenvalue weighted by molar-refractivity contribution is 0.238. The van der Waals surface area contributed by atoms with Gasteiger partial charge in [-0.2, -0.15) is 0 Å². The van der Waals surface area contributed by atoms with Crippen molar-refractivity contribution in [3.05, 3.63) is 0 Å². The molecule has 2 saturated heterocycles. The second-order valence-electron chi connectivity index (χ2n) is 4.88. The molecule has 0 saturated carbocycles. The predicted molar refractivity (Wildman–Crippen MR) is 56.2 cm³/mol. The zero-order valence-corrected chi connectivity index (χ0v) is 9.08. The van der Waals surface area contributed by atoms with Gasteiger partial charge in [-0.05, 0) is 25.3 Å². The van der Waals surface area contributed by atoms with E-state index in [0.29, 0.717) is 6.54 Å². The van der Waals surface area contributed by atoms with Gasteiger partial charge in [-0.25, -0.2) is 4.39 Å². The molecule has 2 aliphatic rings. The maximum atomic E-state index is 12.9. The van der Waals surface area contributed by atoms with Crippen LogP contribution in [0.2, 0.25) is 0 Å². The van der Waals surface area contributed by atoms with Crippen LogP contribution in [0.15, 0.2) is 0 Å². The van der Waals surface area contributed by atoms with Crippen LogP contribution in [0.4, 0.5) is 4.39 Å². The summed E-state index contributed by atoms with van der Waals surface area (Å²) in [6.07, 6.45) is 1.52. The van der Waals surface area contributed by atoms with Crippen LogP contribution in [0.1, 0.15) is 19.8 Å². The first-order valence-electron chi connectivity index (χ1n) is 5.83. The van der Waals surface area contributed by atoms with Crippen LogP contribution in [0, 0.1) is 5.92 Å². The molecule has 14 heavy (non-hydrogen) atoms. The van der Waals surface area contributed by atoms with Gasteiger partial charge in [-0.1, -0.05) is 6.92 Å². The molecule has 0 radical (unpaired) electrons. The Morgan fingerprint density at radius 3 is 2.21 bits per heavy atom. The third-order valence-electron chi connectivity index (χ3n) is 3.46. The minimum absolute atomic E-state index is 0.562. The van der Waals surface area contributed by atoms with E-state index in [4.69, 9.17) is 0 Å². The number of nitrogens with zero attached hydrogens (tertiary/aromatic N) is 2. The second-order valence-corrected chi connectivity index (χ2v) is 4.88. The maximum absolute atomic E-state index is 12.9. The molecule has 3 heteroatoms. The molecule has 0 unspecified atom stereocenters. The molecule has 0 aromatic carbocycles. The molecule has 0 aliphatic carbocycles. The molecular weight excluding hydrogens is 179 g/mol. The molecule has 0 amide bonds. The first-order chi connectivity index (χ1) is 6.74. The molecule has 2 heterocycles. The van der Waals surface area contributed by atoms with E-state index in [0.717, 1.165) is 32.0 Å². The predicted octanol–water partition coefficient (Wildman–Crippen LogP) is 1.37. The van der Waals surface area contributed by atoms with E-state index >= 15 is 0 Å². The molecule has 0 aromatic rings. The minimum atomic E-state index is -0.562. The molecule has 0 spiro atoms. The number of hydrogen-bond acceptors (Lipinski definition) is 2. The molecule has 0 N–H and O–H groups in total. The highest BCUT2D eigenvalue weighted by Crippen LogP contribution is 2.16. The topological polar surface area (TPSA) is 6.48 Å². The summed E-state index contributed by atoms with van der Waals surface area (Å²) < 4.78 is 12.9. The summed E-state index contributed by atoms with van der Waals surface area (Å²) in [4.78, 5) is 4.77. The fraction of sp³-hybridized carbons (Fsp3) is 1.00. The van der Waals surface area contributed by atoms with Crippen LogP contribution in [0.5, 0.6) is 0 Å². The average Bonchev–Trinajstić information content (AvgIpc) is 2.72. The molecule has 0 aromatic heterocycles. The fourth-order valence-corrected chi connectivity index (χ4v) is 2.50. The zero-order chi connectivity index (χ0) is 9.97. The lowest BCUT2D eigenvalue weighted by atomic mass is 10.2. The van der Waals surface area contributed by atoms with Crippen molar-refractivity contribution < 1.29 is 4.39 Å². The van der Waals surface area contributed by atoms with Crippen LogP contribution in [-0.2, 0) is 0 Å². The molecule has 0 bridgehead atoms. The van der Waals surface area contributed by atoms with Gasteiger partial charge in [0.05, 0.1) is 0 Å². The quantitative estimate of drug-likeness (QED) is 0.679. The van der Waals surface area contributed by atoms with Crippen molar-refractivity contribution in [2.45, 2.75) is 25.9 Å². The van der Waals surface area contributed by atoms with E-state index < -0.39 is 6.17 Å². The summed E-state index contributed by atoms with van der Waals surface area (Å²) >= 11 is 0. The Labute approximate surface area is 86.1 Å². The maximum Gasteiger partial charge on any atom is 0.114 e. The lowest BCUT2D eigenvalue weighted by Crippen LogP contribution is -2.33. The van der Waals surface area contributed by atoms with Crippen molar-refractivity contribution in [1.29, 1.82) is 0 Å². The van der Waals surface area contributed by atoms with Crippen molar-refractivity contribution in [3.8, 4) is 0 Å². The Balaban J connectivity index is 1.63. The van der Waals surface area contributed by atoms with Crippen LogP contribution in [0.25, 0.3) is 0 Å². The van der Waals surface area contributed by atoms with Gasteiger partial charge < -0.3 is 4.90 Å². The van der Waals surface area contributed by atoms with Crippen LogP contribution in [-0.4, -0.2) is 55.2 Å². The van der Waals surface area contributed by atoms with Crippen LogP contribution >= 0.6 is 0 Å². The summed E-state index contributed by atoms with van der Waals surface area (Å²) in [6.45, 7) is 8.63. The zero-order valence-electron chi connectivity index (χ0n) is 9.08. The summed E-state index contributed by atoms with van der Waals surface area (Å²) in [5.41, 5.74) is 0. The van der Waals surface area contributed by atoms with Gasteiger partial charge in [0.15, 0.2) is 0 Å². The summed E-state index contributed by atoms with van der Waals surface area (Å²) in [5, 5.41) is 0. The van der Waals surface area contributed by atoms with E-state index in [2.05, 4.69) is 16.7 Å². The molecule has 2 rings (SSSR count). The fourth-order valence-electron chi connectivity index (χ4n) is 2.50. The van der Waals surface area contributed by atoms with Crippen LogP contribution < -0.4 is 0 Å². The van der Waals surface area contributed by atoms with Crippen molar-refractivity contribution in [3.63, 3.8) is 0 Å². The highest BCUT2D eigenvalue weighted by molar-refractivity contribution is 4.78. The standard InChI is InChI=1S/C11H21FN2/c1-10-2-4-13(8-10)6-7-14-5-3-11(12)9-14/h10-11H,2-9H2,1H3/t10-,11+/m0/s1. The highest BCUT2D eigenvalue weighted by Gasteiger charge is 2.23. The second kappa shape index (κ2) is 4.58. The Hall–Kier alpha value is -0.150. The smallest absolute Gasteiger partial charge is 0.114 e. The minimum Gasteiger partial charge on any atom is -0.302 e. The largest absolute Gasteiger partial charge is 0.302 e. The van der Waals surface area contributed by atoms with E-state index in [-0.39, 0.29) is 0 Å². The molecule has 2 nitrogen and oxygen atoms in total. The molecule has 2 atom stereocenters. The number of rotatable bonds is 3. The molecule has 2 fully saturated rings. The van der Waals surface area contributed by atoms with Gasteiger partial charge in [-0.15, -0.1) is 0 Å². The van der Waals surface area contributed by atoms with Crippen LogP contribution in [0.3, 0.4) is 0 Å². The third-order valence-corrected chi connectivity index (χ3v) is 3.46. The van der Waals surface area contributed by atoms with Gasteiger partial charge in [0.1, 0.15) is 6.17 Å². The normalized spacial score (nSPS) is 35.6. The van der Waals surface area contributed by atoms with Gasteiger partial charge in [0.25, 0.3) is 0 Å². The van der Waals surface area contributed by atoms with Crippen molar-refractivity contribution in [1.82, 2.24) is 9.80 Å². The Morgan fingerprint density at radius 2 is 1.71 bits per heavy atom. The van der Waals surface area contributed by atoms with Crippen molar-refractivity contribution >= 4 is 0 Å².